The molecule has 0 amide bonds. The number of aromatic amines is 1. The molecule has 1 aromatic heterocycles. The summed E-state index contributed by atoms with van der Waals surface area (Å²) < 4.78 is 1.47. The Balaban J connectivity index is 2.35. The van der Waals surface area contributed by atoms with Crippen molar-refractivity contribution in [2.75, 3.05) is 0 Å². The molecule has 1 heterocycles. The van der Waals surface area contributed by atoms with Gasteiger partial charge in [0.1, 0.15) is 0 Å². The number of para-hydroxylation sites is 1. The van der Waals surface area contributed by atoms with Gasteiger partial charge in [-0.05, 0) is 31.2 Å². The summed E-state index contributed by atoms with van der Waals surface area (Å²) in [6.45, 7) is 1.96. The molecule has 0 aliphatic rings. The standard InChI is InChI=1S/C15H12N2O3/c1-9-5-7-10(8-6-9)17-12-4-2-3-11(14(18)19)13(12)16-15(17)20/h2-8H,1H3,(H,16,20)(H,18,19). The number of aryl methyl sites for hydroxylation is 1. The van der Waals surface area contributed by atoms with E-state index < -0.39 is 5.97 Å². The van der Waals surface area contributed by atoms with Gasteiger partial charge in [-0.3, -0.25) is 4.57 Å². The van der Waals surface area contributed by atoms with E-state index in [0.29, 0.717) is 16.7 Å². The van der Waals surface area contributed by atoms with Crippen LogP contribution in [0.5, 0.6) is 0 Å². The van der Waals surface area contributed by atoms with Crippen LogP contribution in [0.3, 0.4) is 0 Å². The number of hydrogen-bond acceptors (Lipinski definition) is 2. The highest BCUT2D eigenvalue weighted by atomic mass is 16.4. The number of carboxylic acid groups (broad SMARTS) is 1. The highest BCUT2D eigenvalue weighted by Gasteiger charge is 2.14. The van der Waals surface area contributed by atoms with Crippen LogP contribution in [0.2, 0.25) is 0 Å². The molecule has 0 saturated heterocycles. The minimum Gasteiger partial charge on any atom is -0.478 e. The zero-order chi connectivity index (χ0) is 14.3. The molecule has 3 rings (SSSR count). The third kappa shape index (κ3) is 1.80. The second kappa shape index (κ2) is 4.38. The first-order valence-corrected chi connectivity index (χ1v) is 6.12. The number of benzene rings is 2. The van der Waals surface area contributed by atoms with Gasteiger partial charge in [-0.25, -0.2) is 9.59 Å². The third-order valence-corrected chi connectivity index (χ3v) is 3.24. The van der Waals surface area contributed by atoms with Crippen LogP contribution in [0.4, 0.5) is 0 Å². The Hall–Kier alpha value is -2.82. The Labute approximate surface area is 114 Å². The van der Waals surface area contributed by atoms with E-state index in [1.807, 2.05) is 31.2 Å². The number of imidazole rings is 1. The summed E-state index contributed by atoms with van der Waals surface area (Å²) in [6, 6.07) is 12.3. The number of carbonyl (C=O) groups is 1. The van der Waals surface area contributed by atoms with Crippen LogP contribution in [0.15, 0.2) is 47.3 Å². The van der Waals surface area contributed by atoms with Crippen LogP contribution < -0.4 is 5.69 Å². The maximum Gasteiger partial charge on any atom is 0.337 e. The van der Waals surface area contributed by atoms with Crippen molar-refractivity contribution < 1.29 is 9.90 Å². The number of rotatable bonds is 2. The van der Waals surface area contributed by atoms with Crippen molar-refractivity contribution in [2.24, 2.45) is 0 Å². The fraction of sp³-hybridized carbons (Fsp3) is 0.0667. The normalized spacial score (nSPS) is 10.8. The number of carboxylic acids is 1. The van der Waals surface area contributed by atoms with E-state index in [2.05, 4.69) is 4.98 Å². The lowest BCUT2D eigenvalue weighted by atomic mass is 10.2. The van der Waals surface area contributed by atoms with E-state index in [-0.39, 0.29) is 11.3 Å². The van der Waals surface area contributed by atoms with E-state index in [4.69, 9.17) is 5.11 Å². The number of hydrogen-bond donors (Lipinski definition) is 2. The maximum absolute atomic E-state index is 12.1. The Bertz CT molecular complexity index is 857. The van der Waals surface area contributed by atoms with Gasteiger partial charge in [0.15, 0.2) is 0 Å². The third-order valence-electron chi connectivity index (χ3n) is 3.24. The average molecular weight is 268 g/mol. The SMILES string of the molecule is Cc1ccc(-n2c(=O)[nH]c3c(C(=O)O)cccc32)cc1. The first kappa shape index (κ1) is 12.2. The molecule has 0 aliphatic heterocycles. The van der Waals surface area contributed by atoms with E-state index in [1.165, 1.54) is 10.6 Å². The molecule has 0 aliphatic carbocycles. The van der Waals surface area contributed by atoms with Crippen molar-refractivity contribution in [1.82, 2.24) is 9.55 Å². The smallest absolute Gasteiger partial charge is 0.337 e. The lowest BCUT2D eigenvalue weighted by molar-refractivity contribution is 0.0699. The lowest BCUT2D eigenvalue weighted by Gasteiger charge is -2.04. The molecule has 2 N–H and O–H groups in total. The van der Waals surface area contributed by atoms with Crippen molar-refractivity contribution in [3.05, 3.63) is 64.1 Å². The van der Waals surface area contributed by atoms with Gasteiger partial charge in [-0.15, -0.1) is 0 Å². The Morgan fingerprint density at radius 3 is 2.50 bits per heavy atom. The van der Waals surface area contributed by atoms with Crippen LogP contribution in [0.1, 0.15) is 15.9 Å². The molecule has 2 aromatic carbocycles. The Kier molecular flexibility index (Phi) is 2.68. The second-order valence-electron chi connectivity index (χ2n) is 4.61. The lowest BCUT2D eigenvalue weighted by Crippen LogP contribution is -2.14. The number of nitrogens with zero attached hydrogens (tertiary/aromatic N) is 1. The van der Waals surface area contributed by atoms with Gasteiger partial charge in [-0.1, -0.05) is 23.8 Å². The zero-order valence-electron chi connectivity index (χ0n) is 10.8. The summed E-state index contributed by atoms with van der Waals surface area (Å²) in [5, 5.41) is 9.16. The van der Waals surface area contributed by atoms with Crippen LogP contribution in [-0.2, 0) is 0 Å². The van der Waals surface area contributed by atoms with Gasteiger partial charge >= 0.3 is 11.7 Å². The highest BCUT2D eigenvalue weighted by Crippen LogP contribution is 2.19. The average Bonchev–Trinajstić information content (AvgIpc) is 2.75. The molecule has 0 bridgehead atoms. The summed E-state index contributed by atoms with van der Waals surface area (Å²) in [4.78, 5) is 25.9. The van der Waals surface area contributed by atoms with Gasteiger partial charge in [-0.2, -0.15) is 0 Å². The number of nitrogens with one attached hydrogen (secondary N) is 1. The molecule has 100 valence electrons. The molecule has 0 spiro atoms. The molecule has 0 unspecified atom stereocenters. The Morgan fingerprint density at radius 2 is 1.85 bits per heavy atom. The maximum atomic E-state index is 12.1. The molecule has 3 aromatic rings. The fourth-order valence-electron chi connectivity index (χ4n) is 2.26. The number of aromatic nitrogens is 2. The first-order chi connectivity index (χ1) is 9.58. The van der Waals surface area contributed by atoms with Crippen LogP contribution in [0.25, 0.3) is 16.7 Å². The summed E-state index contributed by atoms with van der Waals surface area (Å²) in [5.41, 5.74) is 2.43. The molecule has 20 heavy (non-hydrogen) atoms. The van der Waals surface area contributed by atoms with Gasteiger partial charge in [0.05, 0.1) is 22.3 Å². The monoisotopic (exact) mass is 268 g/mol. The summed E-state index contributed by atoms with van der Waals surface area (Å²) in [7, 11) is 0. The predicted molar refractivity (Wildman–Crippen MR) is 75.6 cm³/mol. The quantitative estimate of drug-likeness (QED) is 0.749. The van der Waals surface area contributed by atoms with Crippen LogP contribution in [-0.4, -0.2) is 20.6 Å². The number of H-pyrrole nitrogens is 1. The fourth-order valence-corrected chi connectivity index (χ4v) is 2.26. The summed E-state index contributed by atoms with van der Waals surface area (Å²) in [6.07, 6.45) is 0. The minimum absolute atomic E-state index is 0.0884. The minimum atomic E-state index is -1.06. The zero-order valence-corrected chi connectivity index (χ0v) is 10.8. The Morgan fingerprint density at radius 1 is 1.15 bits per heavy atom. The van der Waals surface area contributed by atoms with Gasteiger partial charge < -0.3 is 10.1 Å². The van der Waals surface area contributed by atoms with Crippen molar-refractivity contribution >= 4 is 17.0 Å². The van der Waals surface area contributed by atoms with Crippen molar-refractivity contribution in [1.29, 1.82) is 0 Å². The van der Waals surface area contributed by atoms with E-state index >= 15 is 0 Å². The van der Waals surface area contributed by atoms with Gasteiger partial charge in [0.2, 0.25) is 0 Å². The molecule has 0 radical (unpaired) electrons. The second-order valence-corrected chi connectivity index (χ2v) is 4.61. The van der Waals surface area contributed by atoms with E-state index in [0.717, 1.165) is 5.56 Å². The van der Waals surface area contributed by atoms with Crippen molar-refractivity contribution in [3.8, 4) is 5.69 Å². The summed E-state index contributed by atoms with van der Waals surface area (Å²) in [5.74, 6) is -1.06. The molecular formula is C15H12N2O3. The molecule has 0 atom stereocenters. The molecule has 0 fully saturated rings. The van der Waals surface area contributed by atoms with Crippen LogP contribution >= 0.6 is 0 Å². The summed E-state index contributed by atoms with van der Waals surface area (Å²) >= 11 is 0. The topological polar surface area (TPSA) is 75.1 Å². The molecular weight excluding hydrogens is 256 g/mol. The predicted octanol–water partition coefficient (Wildman–Crippen LogP) is 2.33. The van der Waals surface area contributed by atoms with Crippen molar-refractivity contribution in [2.45, 2.75) is 6.92 Å². The number of fused-ring (bicyclic) bond motifs is 1. The molecule has 5 heteroatoms. The molecule has 5 nitrogen and oxygen atoms in total. The highest BCUT2D eigenvalue weighted by molar-refractivity contribution is 6.01. The van der Waals surface area contributed by atoms with Crippen molar-refractivity contribution in [3.63, 3.8) is 0 Å². The van der Waals surface area contributed by atoms with E-state index in [9.17, 15) is 9.59 Å². The van der Waals surface area contributed by atoms with Crippen LogP contribution in [0, 0.1) is 6.92 Å². The van der Waals surface area contributed by atoms with Gasteiger partial charge in [0.25, 0.3) is 0 Å². The van der Waals surface area contributed by atoms with Gasteiger partial charge in [0, 0.05) is 0 Å². The molecule has 0 saturated carbocycles. The first-order valence-electron chi connectivity index (χ1n) is 6.12. The largest absolute Gasteiger partial charge is 0.478 e. The van der Waals surface area contributed by atoms with E-state index in [1.54, 1.807) is 12.1 Å². The number of aromatic carboxylic acids is 1.